The molecule has 2 aromatic rings. The highest BCUT2D eigenvalue weighted by molar-refractivity contribution is 5.86. The van der Waals surface area contributed by atoms with E-state index in [4.69, 9.17) is 0 Å². The van der Waals surface area contributed by atoms with Gasteiger partial charge in [0.2, 0.25) is 5.91 Å². The average Bonchev–Trinajstić information content (AvgIpc) is 2.81. The van der Waals surface area contributed by atoms with Gasteiger partial charge >= 0.3 is 0 Å². The minimum atomic E-state index is -0.644. The largest absolute Gasteiger partial charge is 0.345 e. The zero-order chi connectivity index (χ0) is 16.4. The van der Waals surface area contributed by atoms with E-state index in [0.717, 1.165) is 18.5 Å². The van der Waals surface area contributed by atoms with E-state index in [0.29, 0.717) is 23.0 Å². The zero-order valence-corrected chi connectivity index (χ0v) is 13.6. The normalized spacial score (nSPS) is 26.3. The molecule has 23 heavy (non-hydrogen) atoms. The SMILES string of the molecule is Cn1nc(C(C)(C)NC(=O)C2[C@H]3CNC[C@@H]23)c2cccc(F)c21. The summed E-state index contributed by atoms with van der Waals surface area (Å²) in [6, 6.07) is 4.96. The van der Waals surface area contributed by atoms with Crippen molar-refractivity contribution in [1.82, 2.24) is 20.4 Å². The second kappa shape index (κ2) is 4.77. The number of aromatic nitrogens is 2. The van der Waals surface area contributed by atoms with Crippen molar-refractivity contribution in [2.45, 2.75) is 19.4 Å². The molecule has 2 aliphatic rings. The molecule has 4 rings (SSSR count). The Morgan fingerprint density at radius 1 is 1.39 bits per heavy atom. The van der Waals surface area contributed by atoms with Crippen molar-refractivity contribution in [3.8, 4) is 0 Å². The van der Waals surface area contributed by atoms with Gasteiger partial charge in [-0.3, -0.25) is 9.48 Å². The van der Waals surface area contributed by atoms with Crippen molar-refractivity contribution < 1.29 is 9.18 Å². The van der Waals surface area contributed by atoms with Gasteiger partial charge in [0.1, 0.15) is 11.3 Å². The van der Waals surface area contributed by atoms with Crippen molar-refractivity contribution in [2.24, 2.45) is 24.8 Å². The smallest absolute Gasteiger partial charge is 0.224 e. The standard InChI is InChI=1S/C17H21FN4O/c1-17(2,20-16(23)13-10-7-19-8-11(10)13)15-9-5-4-6-12(18)14(9)22(3)21-15/h4-6,10-11,13,19H,7-8H2,1-3H3,(H,20,23)/t10-,11+,13?. The number of para-hydroxylation sites is 1. The maximum Gasteiger partial charge on any atom is 0.224 e. The molecule has 5 nitrogen and oxygen atoms in total. The van der Waals surface area contributed by atoms with Gasteiger partial charge in [-0.25, -0.2) is 4.39 Å². The number of piperidine rings is 1. The number of fused-ring (bicyclic) bond motifs is 2. The molecule has 1 amide bonds. The Labute approximate surface area is 134 Å². The summed E-state index contributed by atoms with van der Waals surface area (Å²) in [4.78, 5) is 12.6. The van der Waals surface area contributed by atoms with E-state index in [1.54, 1.807) is 17.8 Å². The third kappa shape index (κ3) is 2.16. The first-order valence-electron chi connectivity index (χ1n) is 8.04. The van der Waals surface area contributed by atoms with Crippen molar-refractivity contribution in [2.75, 3.05) is 13.1 Å². The lowest BCUT2D eigenvalue weighted by atomic mass is 9.96. The van der Waals surface area contributed by atoms with Crippen molar-refractivity contribution in [3.05, 3.63) is 29.7 Å². The molecule has 2 N–H and O–H groups in total. The fourth-order valence-electron chi connectivity index (χ4n) is 4.01. The summed E-state index contributed by atoms with van der Waals surface area (Å²) < 4.78 is 15.6. The lowest BCUT2D eigenvalue weighted by molar-refractivity contribution is -0.124. The summed E-state index contributed by atoms with van der Waals surface area (Å²) in [5, 5.41) is 11.6. The summed E-state index contributed by atoms with van der Waals surface area (Å²) in [6.07, 6.45) is 0. The first-order chi connectivity index (χ1) is 10.9. The number of carbonyl (C=O) groups excluding carboxylic acids is 1. The number of carbonyl (C=O) groups is 1. The number of aryl methyl sites for hydroxylation is 1. The molecule has 1 saturated carbocycles. The van der Waals surface area contributed by atoms with E-state index in [2.05, 4.69) is 15.7 Å². The summed E-state index contributed by atoms with van der Waals surface area (Å²) in [7, 11) is 1.73. The monoisotopic (exact) mass is 316 g/mol. The second-order valence-corrected chi connectivity index (χ2v) is 7.23. The van der Waals surface area contributed by atoms with Gasteiger partial charge in [-0.1, -0.05) is 12.1 Å². The Balaban J connectivity index is 1.64. The number of hydrogen-bond donors (Lipinski definition) is 2. The van der Waals surface area contributed by atoms with E-state index in [-0.39, 0.29) is 17.6 Å². The van der Waals surface area contributed by atoms with Gasteiger partial charge in [0.15, 0.2) is 0 Å². The van der Waals surface area contributed by atoms with E-state index >= 15 is 0 Å². The van der Waals surface area contributed by atoms with Crippen LogP contribution in [0.15, 0.2) is 18.2 Å². The minimum Gasteiger partial charge on any atom is -0.345 e. The molecule has 1 saturated heterocycles. The van der Waals surface area contributed by atoms with Crippen LogP contribution in [0.2, 0.25) is 0 Å². The number of hydrogen-bond acceptors (Lipinski definition) is 3. The van der Waals surface area contributed by atoms with Crippen LogP contribution >= 0.6 is 0 Å². The van der Waals surface area contributed by atoms with Crippen LogP contribution in [-0.2, 0) is 17.4 Å². The lowest BCUT2D eigenvalue weighted by Gasteiger charge is -2.25. The van der Waals surface area contributed by atoms with Gasteiger partial charge in [0, 0.05) is 18.4 Å². The molecule has 3 atom stereocenters. The highest BCUT2D eigenvalue weighted by Crippen LogP contribution is 2.49. The molecule has 1 aromatic heterocycles. The number of nitrogens with one attached hydrogen (secondary N) is 2. The van der Waals surface area contributed by atoms with Crippen molar-refractivity contribution in [1.29, 1.82) is 0 Å². The van der Waals surface area contributed by atoms with Crippen LogP contribution < -0.4 is 10.6 Å². The van der Waals surface area contributed by atoms with Crippen molar-refractivity contribution in [3.63, 3.8) is 0 Å². The Morgan fingerprint density at radius 3 is 2.78 bits per heavy atom. The van der Waals surface area contributed by atoms with E-state index < -0.39 is 5.54 Å². The van der Waals surface area contributed by atoms with Crippen LogP contribution in [0.3, 0.4) is 0 Å². The fraction of sp³-hybridized carbons (Fsp3) is 0.529. The molecule has 2 fully saturated rings. The van der Waals surface area contributed by atoms with Gasteiger partial charge in [-0.15, -0.1) is 0 Å². The fourth-order valence-corrected chi connectivity index (χ4v) is 4.01. The minimum absolute atomic E-state index is 0.0849. The molecular weight excluding hydrogens is 295 g/mol. The van der Waals surface area contributed by atoms with E-state index in [1.165, 1.54) is 6.07 Å². The number of nitrogens with zero attached hydrogens (tertiary/aromatic N) is 2. The van der Waals surface area contributed by atoms with Crippen LogP contribution in [0.1, 0.15) is 19.5 Å². The van der Waals surface area contributed by atoms with Crippen molar-refractivity contribution >= 4 is 16.8 Å². The van der Waals surface area contributed by atoms with Crippen LogP contribution in [-0.4, -0.2) is 28.8 Å². The molecule has 1 aliphatic carbocycles. The molecule has 1 aliphatic heterocycles. The van der Waals surface area contributed by atoms with Crippen LogP contribution in [0, 0.1) is 23.6 Å². The highest BCUT2D eigenvalue weighted by Gasteiger charge is 2.57. The predicted octanol–water partition coefficient (Wildman–Crippen LogP) is 1.53. The van der Waals surface area contributed by atoms with Crippen LogP contribution in [0.25, 0.3) is 10.9 Å². The first kappa shape index (κ1) is 14.6. The molecule has 2 heterocycles. The highest BCUT2D eigenvalue weighted by atomic mass is 19.1. The third-order valence-electron chi connectivity index (χ3n) is 5.24. The van der Waals surface area contributed by atoms with E-state index in [9.17, 15) is 9.18 Å². The molecule has 0 radical (unpaired) electrons. The Hall–Kier alpha value is -1.95. The van der Waals surface area contributed by atoms with Gasteiger partial charge in [-0.2, -0.15) is 5.10 Å². The Bertz CT molecular complexity index is 787. The molecule has 1 unspecified atom stereocenters. The van der Waals surface area contributed by atoms with E-state index in [1.807, 2.05) is 19.9 Å². The number of benzene rings is 1. The summed E-state index contributed by atoms with van der Waals surface area (Å²) in [5.41, 5.74) is 0.526. The number of amides is 1. The van der Waals surface area contributed by atoms with Crippen LogP contribution in [0.5, 0.6) is 0 Å². The quantitative estimate of drug-likeness (QED) is 0.903. The maximum atomic E-state index is 14.1. The predicted molar refractivity (Wildman–Crippen MR) is 85.2 cm³/mol. The van der Waals surface area contributed by atoms with Gasteiger partial charge in [0.05, 0.1) is 11.2 Å². The summed E-state index contributed by atoms with van der Waals surface area (Å²) in [6.45, 7) is 5.71. The summed E-state index contributed by atoms with van der Waals surface area (Å²) >= 11 is 0. The Morgan fingerprint density at radius 2 is 2.09 bits per heavy atom. The maximum absolute atomic E-state index is 14.1. The first-order valence-corrected chi connectivity index (χ1v) is 8.04. The molecule has 0 bridgehead atoms. The molecule has 6 heteroatoms. The van der Waals surface area contributed by atoms with Gasteiger partial charge < -0.3 is 10.6 Å². The zero-order valence-electron chi connectivity index (χ0n) is 13.6. The second-order valence-electron chi connectivity index (χ2n) is 7.23. The number of halogens is 1. The van der Waals surface area contributed by atoms with Gasteiger partial charge in [-0.05, 0) is 44.8 Å². The average molecular weight is 316 g/mol. The topological polar surface area (TPSA) is 59.0 Å². The van der Waals surface area contributed by atoms with Gasteiger partial charge in [0.25, 0.3) is 0 Å². The lowest BCUT2D eigenvalue weighted by Crippen LogP contribution is -2.43. The number of rotatable bonds is 3. The third-order valence-corrected chi connectivity index (χ3v) is 5.24. The summed E-state index contributed by atoms with van der Waals surface area (Å²) in [5.74, 6) is 0.852. The Kier molecular flexibility index (Phi) is 3.04. The molecule has 122 valence electrons. The molecule has 0 spiro atoms. The van der Waals surface area contributed by atoms with Crippen LogP contribution in [0.4, 0.5) is 4.39 Å². The molecule has 1 aromatic carbocycles. The molecular formula is C17H21FN4O.